The molecule has 0 unspecified atom stereocenters. The SMILES string of the molecule is CCNc1nn(-c2cccc(Cl)c2)c(N)c1C(=O)OC. The molecule has 0 spiro atoms. The van der Waals surface area contributed by atoms with Crippen LogP contribution in [-0.4, -0.2) is 29.4 Å². The summed E-state index contributed by atoms with van der Waals surface area (Å²) in [6.07, 6.45) is 0. The van der Waals surface area contributed by atoms with Gasteiger partial charge in [-0.1, -0.05) is 17.7 Å². The van der Waals surface area contributed by atoms with E-state index in [2.05, 4.69) is 10.4 Å². The summed E-state index contributed by atoms with van der Waals surface area (Å²) in [4.78, 5) is 11.8. The third kappa shape index (κ3) is 2.55. The summed E-state index contributed by atoms with van der Waals surface area (Å²) < 4.78 is 6.19. The van der Waals surface area contributed by atoms with Crippen LogP contribution in [0.3, 0.4) is 0 Å². The molecular formula is C13H15ClN4O2. The topological polar surface area (TPSA) is 82.2 Å². The summed E-state index contributed by atoms with van der Waals surface area (Å²) in [6.45, 7) is 2.51. The van der Waals surface area contributed by atoms with E-state index in [4.69, 9.17) is 22.1 Å². The predicted molar refractivity (Wildman–Crippen MR) is 78.5 cm³/mol. The number of aromatic nitrogens is 2. The number of hydrogen-bond acceptors (Lipinski definition) is 5. The molecule has 7 heteroatoms. The van der Waals surface area contributed by atoms with Crippen LogP contribution >= 0.6 is 11.6 Å². The fourth-order valence-electron chi connectivity index (χ4n) is 1.83. The van der Waals surface area contributed by atoms with Crippen molar-refractivity contribution in [2.75, 3.05) is 24.7 Å². The molecule has 0 aliphatic heterocycles. The number of ether oxygens (including phenoxy) is 1. The van der Waals surface area contributed by atoms with Crippen molar-refractivity contribution in [1.29, 1.82) is 0 Å². The summed E-state index contributed by atoms with van der Waals surface area (Å²) in [5.74, 6) is 0.0543. The largest absolute Gasteiger partial charge is 0.465 e. The van der Waals surface area contributed by atoms with E-state index in [1.165, 1.54) is 11.8 Å². The molecule has 2 rings (SSSR count). The predicted octanol–water partition coefficient (Wildman–Crippen LogP) is 2.33. The van der Waals surface area contributed by atoms with Crippen LogP contribution in [0.5, 0.6) is 0 Å². The number of nitrogens with one attached hydrogen (secondary N) is 1. The van der Waals surface area contributed by atoms with Gasteiger partial charge in [-0.25, -0.2) is 9.48 Å². The second kappa shape index (κ2) is 5.83. The van der Waals surface area contributed by atoms with Crippen molar-refractivity contribution in [2.45, 2.75) is 6.92 Å². The minimum Gasteiger partial charge on any atom is -0.465 e. The van der Waals surface area contributed by atoms with Crippen molar-refractivity contribution < 1.29 is 9.53 Å². The highest BCUT2D eigenvalue weighted by molar-refractivity contribution is 6.30. The van der Waals surface area contributed by atoms with Gasteiger partial charge in [0.1, 0.15) is 11.4 Å². The molecule has 6 nitrogen and oxygen atoms in total. The van der Waals surface area contributed by atoms with Crippen LogP contribution < -0.4 is 11.1 Å². The van der Waals surface area contributed by atoms with Gasteiger partial charge in [0.05, 0.1) is 12.8 Å². The molecule has 2 aromatic rings. The minimum atomic E-state index is -0.535. The van der Waals surface area contributed by atoms with Gasteiger partial charge in [-0.2, -0.15) is 0 Å². The van der Waals surface area contributed by atoms with E-state index >= 15 is 0 Å². The monoisotopic (exact) mass is 294 g/mol. The quantitative estimate of drug-likeness (QED) is 0.846. The molecule has 0 saturated carbocycles. The number of rotatable bonds is 4. The summed E-state index contributed by atoms with van der Waals surface area (Å²) in [5, 5.41) is 7.85. The van der Waals surface area contributed by atoms with Gasteiger partial charge in [0.25, 0.3) is 0 Å². The Labute approximate surface area is 121 Å². The number of carbonyl (C=O) groups is 1. The zero-order valence-corrected chi connectivity index (χ0v) is 11.9. The molecule has 0 atom stereocenters. The highest BCUT2D eigenvalue weighted by atomic mass is 35.5. The maximum absolute atomic E-state index is 11.8. The molecule has 0 bridgehead atoms. The fraction of sp³-hybridized carbons (Fsp3) is 0.231. The summed E-state index contributed by atoms with van der Waals surface area (Å²) in [6, 6.07) is 7.04. The van der Waals surface area contributed by atoms with E-state index in [-0.39, 0.29) is 11.4 Å². The number of methoxy groups -OCH3 is 1. The second-order valence-electron chi connectivity index (χ2n) is 4.02. The smallest absolute Gasteiger partial charge is 0.345 e. The summed E-state index contributed by atoms with van der Waals surface area (Å²) in [5.41, 5.74) is 6.90. The van der Waals surface area contributed by atoms with E-state index in [1.807, 2.05) is 6.92 Å². The van der Waals surface area contributed by atoms with Crippen molar-refractivity contribution in [3.05, 3.63) is 34.9 Å². The van der Waals surface area contributed by atoms with E-state index in [1.54, 1.807) is 24.3 Å². The average molecular weight is 295 g/mol. The Bertz CT molecular complexity index is 639. The lowest BCUT2D eigenvalue weighted by atomic mass is 10.3. The molecule has 1 heterocycles. The number of halogens is 1. The molecule has 20 heavy (non-hydrogen) atoms. The molecule has 0 aliphatic carbocycles. The average Bonchev–Trinajstić information content (AvgIpc) is 2.75. The van der Waals surface area contributed by atoms with E-state index in [0.29, 0.717) is 23.1 Å². The molecule has 0 radical (unpaired) electrons. The zero-order valence-electron chi connectivity index (χ0n) is 11.2. The van der Waals surface area contributed by atoms with E-state index in [0.717, 1.165) is 0 Å². The van der Waals surface area contributed by atoms with Gasteiger partial charge in [-0.3, -0.25) is 0 Å². The Morgan fingerprint density at radius 3 is 2.90 bits per heavy atom. The molecule has 106 valence electrons. The van der Waals surface area contributed by atoms with Gasteiger partial charge in [-0.05, 0) is 25.1 Å². The van der Waals surface area contributed by atoms with Gasteiger partial charge >= 0.3 is 5.97 Å². The lowest BCUT2D eigenvalue weighted by Gasteiger charge is -2.04. The first-order valence-electron chi connectivity index (χ1n) is 6.05. The number of hydrogen-bond donors (Lipinski definition) is 2. The maximum Gasteiger partial charge on any atom is 0.345 e. The lowest BCUT2D eigenvalue weighted by Crippen LogP contribution is -2.09. The first-order valence-corrected chi connectivity index (χ1v) is 6.42. The molecular weight excluding hydrogens is 280 g/mol. The second-order valence-corrected chi connectivity index (χ2v) is 4.46. The summed E-state index contributed by atoms with van der Waals surface area (Å²) >= 11 is 5.96. The molecule has 0 amide bonds. The van der Waals surface area contributed by atoms with Crippen molar-refractivity contribution in [1.82, 2.24) is 9.78 Å². The standard InChI is InChI=1S/C13H15ClN4O2/c1-3-16-12-10(13(19)20-2)11(15)18(17-12)9-6-4-5-8(14)7-9/h4-7H,3,15H2,1-2H3,(H,16,17). The van der Waals surface area contributed by atoms with Gasteiger partial charge in [0.15, 0.2) is 5.82 Å². The lowest BCUT2D eigenvalue weighted by molar-refractivity contribution is 0.0603. The number of nitrogens with zero attached hydrogens (tertiary/aromatic N) is 2. The maximum atomic E-state index is 11.8. The van der Waals surface area contributed by atoms with Crippen molar-refractivity contribution >= 4 is 29.2 Å². The Balaban J connectivity index is 2.58. The number of carbonyl (C=O) groups excluding carboxylic acids is 1. The Hall–Kier alpha value is -2.21. The highest BCUT2D eigenvalue weighted by Gasteiger charge is 2.23. The number of nitrogens with two attached hydrogens (primary N) is 1. The number of nitrogen functional groups attached to an aromatic ring is 1. The Kier molecular flexibility index (Phi) is 4.14. The molecule has 0 saturated heterocycles. The van der Waals surface area contributed by atoms with Gasteiger partial charge in [0.2, 0.25) is 0 Å². The van der Waals surface area contributed by atoms with Crippen LogP contribution in [0.25, 0.3) is 5.69 Å². The molecule has 1 aromatic carbocycles. The highest BCUT2D eigenvalue weighted by Crippen LogP contribution is 2.26. The van der Waals surface area contributed by atoms with Crippen LogP contribution in [-0.2, 0) is 4.74 Å². The third-order valence-corrected chi connectivity index (χ3v) is 2.94. The minimum absolute atomic E-state index is 0.204. The zero-order chi connectivity index (χ0) is 14.7. The fourth-order valence-corrected chi connectivity index (χ4v) is 2.01. The van der Waals surface area contributed by atoms with Crippen LogP contribution in [0.2, 0.25) is 5.02 Å². The van der Waals surface area contributed by atoms with Gasteiger partial charge in [0, 0.05) is 11.6 Å². The number of esters is 1. The normalized spacial score (nSPS) is 10.3. The summed E-state index contributed by atoms with van der Waals surface area (Å²) in [7, 11) is 1.30. The van der Waals surface area contributed by atoms with Crippen LogP contribution in [0, 0.1) is 0 Å². The number of anilines is 2. The van der Waals surface area contributed by atoms with Crippen molar-refractivity contribution in [3.8, 4) is 5.69 Å². The van der Waals surface area contributed by atoms with E-state index < -0.39 is 5.97 Å². The Morgan fingerprint density at radius 2 is 2.30 bits per heavy atom. The molecule has 0 aliphatic rings. The molecule has 0 fully saturated rings. The van der Waals surface area contributed by atoms with Gasteiger partial charge in [-0.15, -0.1) is 5.10 Å². The van der Waals surface area contributed by atoms with Crippen LogP contribution in [0.1, 0.15) is 17.3 Å². The van der Waals surface area contributed by atoms with Gasteiger partial charge < -0.3 is 15.8 Å². The number of benzene rings is 1. The van der Waals surface area contributed by atoms with Crippen molar-refractivity contribution in [3.63, 3.8) is 0 Å². The first kappa shape index (κ1) is 14.2. The van der Waals surface area contributed by atoms with Crippen molar-refractivity contribution in [2.24, 2.45) is 0 Å². The Morgan fingerprint density at radius 1 is 1.55 bits per heavy atom. The van der Waals surface area contributed by atoms with Crippen LogP contribution in [0.4, 0.5) is 11.6 Å². The molecule has 3 N–H and O–H groups in total. The third-order valence-electron chi connectivity index (χ3n) is 2.71. The van der Waals surface area contributed by atoms with Crippen LogP contribution in [0.15, 0.2) is 24.3 Å². The first-order chi connectivity index (χ1) is 9.58. The molecule has 1 aromatic heterocycles. The van der Waals surface area contributed by atoms with E-state index in [9.17, 15) is 4.79 Å².